The monoisotopic (exact) mass is 311 g/mol. The molecular formula is C15H25N3O2S. The zero-order valence-electron chi connectivity index (χ0n) is 13.0. The van der Waals surface area contributed by atoms with Crippen LogP contribution in [0.25, 0.3) is 0 Å². The Hall–Kier alpha value is -1.11. The van der Waals surface area contributed by atoms with Crippen molar-refractivity contribution in [2.75, 3.05) is 25.4 Å². The number of benzene rings is 1. The summed E-state index contributed by atoms with van der Waals surface area (Å²) in [7, 11) is -3.51. The lowest BCUT2D eigenvalue weighted by Gasteiger charge is -2.22. The van der Waals surface area contributed by atoms with Gasteiger partial charge >= 0.3 is 0 Å². The van der Waals surface area contributed by atoms with Crippen LogP contribution in [0.4, 0.5) is 5.69 Å². The number of nitrogen functional groups attached to an aromatic ring is 1. The molecule has 0 saturated carbocycles. The van der Waals surface area contributed by atoms with E-state index in [1.54, 1.807) is 26.0 Å². The molecule has 0 aliphatic carbocycles. The molecule has 21 heavy (non-hydrogen) atoms. The minimum atomic E-state index is -3.51. The molecule has 1 saturated heterocycles. The van der Waals surface area contributed by atoms with Crippen LogP contribution in [0.3, 0.4) is 0 Å². The number of likely N-dealkylation sites (tertiary alicyclic amines) is 1. The van der Waals surface area contributed by atoms with Gasteiger partial charge in [0.05, 0.1) is 4.90 Å². The van der Waals surface area contributed by atoms with Crippen LogP contribution in [0.1, 0.15) is 30.9 Å². The molecule has 6 heteroatoms. The molecule has 0 radical (unpaired) electrons. The third-order valence-electron chi connectivity index (χ3n) is 3.84. The van der Waals surface area contributed by atoms with Crippen molar-refractivity contribution in [3.8, 4) is 0 Å². The van der Waals surface area contributed by atoms with Crippen LogP contribution >= 0.6 is 0 Å². The Morgan fingerprint density at radius 2 is 1.76 bits per heavy atom. The molecule has 0 bridgehead atoms. The van der Waals surface area contributed by atoms with E-state index in [4.69, 9.17) is 5.73 Å². The smallest absolute Gasteiger partial charge is 0.241 e. The van der Waals surface area contributed by atoms with Gasteiger partial charge in [-0.15, -0.1) is 0 Å². The van der Waals surface area contributed by atoms with Crippen molar-refractivity contribution in [1.29, 1.82) is 0 Å². The lowest BCUT2D eigenvalue weighted by molar-refractivity contribution is 0.312. The van der Waals surface area contributed by atoms with Crippen molar-refractivity contribution in [3.05, 3.63) is 23.3 Å². The van der Waals surface area contributed by atoms with Crippen molar-refractivity contribution in [3.63, 3.8) is 0 Å². The third-order valence-corrected chi connectivity index (χ3v) is 5.73. The molecule has 3 N–H and O–H groups in total. The van der Waals surface area contributed by atoms with Crippen molar-refractivity contribution in [2.45, 2.75) is 44.6 Å². The van der Waals surface area contributed by atoms with E-state index < -0.39 is 10.0 Å². The first-order chi connectivity index (χ1) is 9.79. The molecule has 0 aromatic heterocycles. The van der Waals surface area contributed by atoms with Crippen molar-refractivity contribution in [2.24, 2.45) is 0 Å². The quantitative estimate of drug-likeness (QED) is 0.811. The Morgan fingerprint density at radius 3 is 2.29 bits per heavy atom. The van der Waals surface area contributed by atoms with Crippen LogP contribution in [-0.4, -0.2) is 39.0 Å². The molecule has 1 aliphatic heterocycles. The van der Waals surface area contributed by atoms with Crippen LogP contribution in [-0.2, 0) is 10.0 Å². The lowest BCUT2D eigenvalue weighted by atomic mass is 10.1. The zero-order valence-corrected chi connectivity index (χ0v) is 13.8. The summed E-state index contributed by atoms with van der Waals surface area (Å²) in [5.41, 5.74) is 7.73. The Morgan fingerprint density at radius 1 is 1.24 bits per heavy atom. The maximum atomic E-state index is 12.6. The molecule has 1 aromatic rings. The van der Waals surface area contributed by atoms with Gasteiger partial charge in [0.15, 0.2) is 0 Å². The van der Waals surface area contributed by atoms with Crippen LogP contribution in [0.2, 0.25) is 0 Å². The first-order valence-electron chi connectivity index (χ1n) is 7.41. The van der Waals surface area contributed by atoms with Gasteiger partial charge < -0.3 is 10.6 Å². The van der Waals surface area contributed by atoms with E-state index in [2.05, 4.69) is 9.62 Å². The van der Waals surface area contributed by atoms with E-state index in [9.17, 15) is 8.42 Å². The number of nitrogens with one attached hydrogen (secondary N) is 1. The fraction of sp³-hybridized carbons (Fsp3) is 0.600. The predicted molar refractivity (Wildman–Crippen MR) is 85.8 cm³/mol. The topological polar surface area (TPSA) is 75.4 Å². The summed E-state index contributed by atoms with van der Waals surface area (Å²) in [5, 5.41) is 0. The Labute approximate surface area is 127 Å². The molecule has 1 atom stereocenters. The van der Waals surface area contributed by atoms with Crippen LogP contribution < -0.4 is 10.5 Å². The Bertz CT molecular complexity index is 584. The van der Waals surface area contributed by atoms with Gasteiger partial charge in [0.2, 0.25) is 10.0 Å². The highest BCUT2D eigenvalue weighted by atomic mass is 32.2. The molecule has 2 rings (SSSR count). The number of aryl methyl sites for hydroxylation is 2. The normalized spacial score (nSPS) is 18.0. The maximum Gasteiger partial charge on any atom is 0.241 e. The number of hydrogen-bond acceptors (Lipinski definition) is 4. The van der Waals surface area contributed by atoms with Gasteiger partial charge in [-0.25, -0.2) is 13.1 Å². The zero-order chi connectivity index (χ0) is 15.6. The molecule has 118 valence electrons. The van der Waals surface area contributed by atoms with Crippen LogP contribution in [0.15, 0.2) is 17.0 Å². The van der Waals surface area contributed by atoms with E-state index in [-0.39, 0.29) is 6.04 Å². The summed E-state index contributed by atoms with van der Waals surface area (Å²) in [4.78, 5) is 2.65. The summed E-state index contributed by atoms with van der Waals surface area (Å²) < 4.78 is 28.0. The van der Waals surface area contributed by atoms with E-state index >= 15 is 0 Å². The highest BCUT2D eigenvalue weighted by molar-refractivity contribution is 7.89. The number of hydrogen-bond donors (Lipinski definition) is 2. The van der Waals surface area contributed by atoms with Gasteiger partial charge in [0, 0.05) is 18.3 Å². The summed E-state index contributed by atoms with van der Waals surface area (Å²) in [5.74, 6) is 0. The van der Waals surface area contributed by atoms with Gasteiger partial charge in [-0.2, -0.15) is 0 Å². The minimum absolute atomic E-state index is 0.107. The number of sulfonamides is 1. The van der Waals surface area contributed by atoms with Crippen molar-refractivity contribution >= 4 is 15.7 Å². The summed E-state index contributed by atoms with van der Waals surface area (Å²) in [6, 6.07) is 3.30. The predicted octanol–water partition coefficient (Wildman–Crippen LogP) is 1.65. The second-order valence-corrected chi connectivity index (χ2v) is 7.66. The Kier molecular flexibility index (Phi) is 4.91. The van der Waals surface area contributed by atoms with Gasteiger partial charge in [0.1, 0.15) is 0 Å². The minimum Gasteiger partial charge on any atom is -0.399 e. The summed E-state index contributed by atoms with van der Waals surface area (Å²) in [6.45, 7) is 8.36. The number of nitrogens with zero attached hydrogens (tertiary/aromatic N) is 1. The highest BCUT2D eigenvalue weighted by Crippen LogP contribution is 2.23. The molecular weight excluding hydrogens is 286 g/mol. The molecule has 1 aliphatic rings. The van der Waals surface area contributed by atoms with Gasteiger partial charge in [-0.3, -0.25) is 0 Å². The number of anilines is 1. The maximum absolute atomic E-state index is 12.6. The molecule has 1 heterocycles. The van der Waals surface area contributed by atoms with E-state index in [1.165, 1.54) is 12.8 Å². The molecule has 0 spiro atoms. The highest BCUT2D eigenvalue weighted by Gasteiger charge is 2.23. The largest absolute Gasteiger partial charge is 0.399 e. The first kappa shape index (κ1) is 16.3. The molecule has 1 aromatic carbocycles. The molecule has 0 amide bonds. The van der Waals surface area contributed by atoms with Crippen LogP contribution in [0.5, 0.6) is 0 Å². The number of rotatable bonds is 5. The standard InChI is InChI=1S/C15H25N3O2S/c1-11-8-14(16)9-12(2)15(11)21(19,20)17-13(3)10-18-6-4-5-7-18/h8-9,13,17H,4-7,10,16H2,1-3H3. The van der Waals surface area contributed by atoms with Gasteiger partial charge in [-0.05, 0) is 70.0 Å². The molecule has 1 fully saturated rings. The summed E-state index contributed by atoms with van der Waals surface area (Å²) >= 11 is 0. The second kappa shape index (κ2) is 6.34. The fourth-order valence-electron chi connectivity index (χ4n) is 3.12. The van der Waals surface area contributed by atoms with Crippen molar-refractivity contribution < 1.29 is 8.42 Å². The fourth-order valence-corrected chi connectivity index (χ4v) is 4.81. The van der Waals surface area contributed by atoms with E-state index in [1.807, 2.05) is 6.92 Å². The van der Waals surface area contributed by atoms with Crippen molar-refractivity contribution in [1.82, 2.24) is 9.62 Å². The SMILES string of the molecule is Cc1cc(N)cc(C)c1S(=O)(=O)NC(C)CN1CCCC1. The average Bonchev–Trinajstić information content (AvgIpc) is 2.78. The second-order valence-electron chi connectivity index (χ2n) is 6.01. The Balaban J connectivity index is 2.14. The average molecular weight is 311 g/mol. The summed E-state index contributed by atoms with van der Waals surface area (Å²) in [6.07, 6.45) is 2.41. The van der Waals surface area contributed by atoms with Crippen LogP contribution in [0, 0.1) is 13.8 Å². The lowest BCUT2D eigenvalue weighted by Crippen LogP contribution is -2.41. The first-order valence-corrected chi connectivity index (χ1v) is 8.89. The molecule has 5 nitrogen and oxygen atoms in total. The van der Waals surface area contributed by atoms with E-state index in [0.29, 0.717) is 21.7 Å². The van der Waals surface area contributed by atoms with Gasteiger partial charge in [0.25, 0.3) is 0 Å². The van der Waals surface area contributed by atoms with Gasteiger partial charge in [-0.1, -0.05) is 0 Å². The molecule has 1 unspecified atom stereocenters. The van der Waals surface area contributed by atoms with E-state index in [0.717, 1.165) is 19.6 Å². The number of nitrogens with two attached hydrogens (primary N) is 1. The third kappa shape index (κ3) is 3.96.